The van der Waals surface area contributed by atoms with Gasteiger partial charge in [-0.05, 0) is 31.6 Å². The molecule has 6 heteroatoms. The third kappa shape index (κ3) is 5.68. The number of hydrogen-bond acceptors (Lipinski definition) is 2. The van der Waals surface area contributed by atoms with E-state index in [0.717, 1.165) is 37.4 Å². The number of nitrogens with one attached hydrogen (secondary N) is 1. The highest BCUT2D eigenvalue weighted by molar-refractivity contribution is 9.09. The van der Waals surface area contributed by atoms with Crippen LogP contribution in [0.25, 0.3) is 0 Å². The van der Waals surface area contributed by atoms with E-state index in [1.165, 1.54) is 0 Å². The molecule has 1 N–H and O–H groups in total. The minimum Gasteiger partial charge on any atom is -0.202 e. The van der Waals surface area contributed by atoms with Crippen LogP contribution in [0.3, 0.4) is 0 Å². The van der Waals surface area contributed by atoms with Gasteiger partial charge in [-0.25, -0.2) is 4.72 Å². The summed E-state index contributed by atoms with van der Waals surface area (Å²) in [6, 6.07) is 0. The Balaban J connectivity index is 2.29. The molecule has 0 spiro atoms. The molecular weight excluding hydrogens is 304 g/mol. The third-order valence-corrected chi connectivity index (χ3v) is 5.20. The molecule has 0 amide bonds. The van der Waals surface area contributed by atoms with Crippen molar-refractivity contribution < 1.29 is 8.42 Å². The molecule has 0 radical (unpaired) electrons. The van der Waals surface area contributed by atoms with Gasteiger partial charge in [0.1, 0.15) is 0 Å². The fraction of sp³-hybridized carbons (Fsp3) is 1.00. The normalized spacial score (nSPS) is 22.8. The summed E-state index contributed by atoms with van der Waals surface area (Å²) in [5, 5.41) is 0.989. The van der Waals surface area contributed by atoms with E-state index in [-0.39, 0.29) is 0 Å². The van der Waals surface area contributed by atoms with Crippen molar-refractivity contribution in [2.75, 3.05) is 25.0 Å². The summed E-state index contributed by atoms with van der Waals surface area (Å²) in [7, 11) is -3.23. The minimum absolute atomic E-state index is 0.480. The van der Waals surface area contributed by atoms with Crippen LogP contribution in [0.4, 0.5) is 0 Å². The average molecular weight is 327 g/mol. The quantitative estimate of drug-likeness (QED) is 0.575. The number of piperidine rings is 1. The van der Waals surface area contributed by atoms with Crippen LogP contribution in [-0.4, -0.2) is 37.7 Å². The van der Waals surface area contributed by atoms with Crippen LogP contribution >= 0.6 is 15.9 Å². The van der Waals surface area contributed by atoms with Crippen molar-refractivity contribution >= 4 is 26.1 Å². The fourth-order valence-corrected chi connectivity index (χ4v) is 3.85. The zero-order valence-corrected chi connectivity index (χ0v) is 12.9. The van der Waals surface area contributed by atoms with Crippen LogP contribution in [0.15, 0.2) is 0 Å². The monoisotopic (exact) mass is 326 g/mol. The van der Waals surface area contributed by atoms with Crippen molar-refractivity contribution in [1.29, 1.82) is 0 Å². The summed E-state index contributed by atoms with van der Waals surface area (Å²) in [5.41, 5.74) is 0. The first-order chi connectivity index (χ1) is 8.06. The zero-order valence-electron chi connectivity index (χ0n) is 10.5. The molecule has 0 aromatic rings. The van der Waals surface area contributed by atoms with Crippen LogP contribution in [0.5, 0.6) is 0 Å². The molecule has 1 rings (SSSR count). The molecule has 4 nitrogen and oxygen atoms in total. The van der Waals surface area contributed by atoms with E-state index < -0.39 is 10.2 Å². The molecule has 1 fully saturated rings. The SMILES string of the molecule is CC1CCCN(S(=O)(=O)NCCCCCBr)C1. The summed E-state index contributed by atoms with van der Waals surface area (Å²) >= 11 is 3.36. The van der Waals surface area contributed by atoms with Crippen molar-refractivity contribution in [3.8, 4) is 0 Å². The molecule has 0 aromatic carbocycles. The lowest BCUT2D eigenvalue weighted by molar-refractivity contribution is 0.278. The Morgan fingerprint density at radius 2 is 2.12 bits per heavy atom. The van der Waals surface area contributed by atoms with E-state index in [1.54, 1.807) is 4.31 Å². The number of hydrogen-bond donors (Lipinski definition) is 1. The van der Waals surface area contributed by atoms with Gasteiger partial charge in [0.25, 0.3) is 10.2 Å². The van der Waals surface area contributed by atoms with E-state index in [1.807, 2.05) is 0 Å². The van der Waals surface area contributed by atoms with Gasteiger partial charge in [-0.1, -0.05) is 29.3 Å². The molecular formula is C11H23BrN2O2S. The molecule has 1 saturated heterocycles. The lowest BCUT2D eigenvalue weighted by Gasteiger charge is -2.29. The van der Waals surface area contributed by atoms with E-state index in [4.69, 9.17) is 0 Å². The van der Waals surface area contributed by atoms with E-state index in [0.29, 0.717) is 25.6 Å². The largest absolute Gasteiger partial charge is 0.279 e. The average Bonchev–Trinajstić information content (AvgIpc) is 2.29. The second-order valence-corrected chi connectivity index (χ2v) is 7.30. The smallest absolute Gasteiger partial charge is 0.202 e. The van der Waals surface area contributed by atoms with Gasteiger partial charge in [0.05, 0.1) is 0 Å². The van der Waals surface area contributed by atoms with Crippen molar-refractivity contribution in [1.82, 2.24) is 9.03 Å². The van der Waals surface area contributed by atoms with Crippen LogP contribution < -0.4 is 4.72 Å². The Morgan fingerprint density at radius 1 is 1.35 bits per heavy atom. The highest BCUT2D eigenvalue weighted by Gasteiger charge is 2.26. The van der Waals surface area contributed by atoms with Gasteiger partial charge in [-0.2, -0.15) is 12.7 Å². The Bertz CT molecular complexity index is 309. The Kier molecular flexibility index (Phi) is 6.99. The summed E-state index contributed by atoms with van der Waals surface area (Å²) in [6.45, 7) is 4.00. The summed E-state index contributed by atoms with van der Waals surface area (Å²) < 4.78 is 28.2. The van der Waals surface area contributed by atoms with Crippen molar-refractivity contribution in [2.24, 2.45) is 5.92 Å². The van der Waals surface area contributed by atoms with Crippen LogP contribution in [0.1, 0.15) is 39.0 Å². The van der Waals surface area contributed by atoms with Crippen LogP contribution in [0.2, 0.25) is 0 Å². The van der Waals surface area contributed by atoms with Crippen molar-refractivity contribution in [3.05, 3.63) is 0 Å². The predicted molar refractivity (Wildman–Crippen MR) is 74.5 cm³/mol. The second-order valence-electron chi connectivity index (χ2n) is 4.75. The molecule has 0 saturated carbocycles. The first kappa shape index (κ1) is 15.4. The predicted octanol–water partition coefficient (Wildman–Crippen LogP) is 2.12. The van der Waals surface area contributed by atoms with Gasteiger partial charge in [-0.3, -0.25) is 0 Å². The maximum absolute atomic E-state index is 12.0. The van der Waals surface area contributed by atoms with Crippen LogP contribution in [-0.2, 0) is 10.2 Å². The van der Waals surface area contributed by atoms with E-state index >= 15 is 0 Å². The zero-order chi connectivity index (χ0) is 12.7. The standard InChI is InChI=1S/C11H23BrN2O2S/c1-11-6-5-9-14(10-11)17(15,16)13-8-4-2-3-7-12/h11,13H,2-10H2,1H3. The summed E-state index contributed by atoms with van der Waals surface area (Å²) in [5.74, 6) is 0.480. The lowest BCUT2D eigenvalue weighted by atomic mass is 10.0. The molecule has 1 aliphatic rings. The molecule has 1 aliphatic heterocycles. The molecule has 0 aliphatic carbocycles. The van der Waals surface area contributed by atoms with Crippen molar-refractivity contribution in [2.45, 2.75) is 39.0 Å². The van der Waals surface area contributed by atoms with Gasteiger partial charge in [-0.15, -0.1) is 0 Å². The van der Waals surface area contributed by atoms with Crippen molar-refractivity contribution in [3.63, 3.8) is 0 Å². The number of alkyl halides is 1. The van der Waals surface area contributed by atoms with E-state index in [9.17, 15) is 8.42 Å². The number of nitrogens with zero attached hydrogens (tertiary/aromatic N) is 1. The first-order valence-corrected chi connectivity index (χ1v) is 8.93. The Morgan fingerprint density at radius 3 is 2.76 bits per heavy atom. The topological polar surface area (TPSA) is 49.4 Å². The highest BCUT2D eigenvalue weighted by atomic mass is 79.9. The Hall–Kier alpha value is 0.350. The lowest BCUT2D eigenvalue weighted by Crippen LogP contribution is -2.45. The molecule has 102 valence electrons. The summed E-state index contributed by atoms with van der Waals surface area (Å²) in [4.78, 5) is 0. The molecule has 0 bridgehead atoms. The molecule has 17 heavy (non-hydrogen) atoms. The molecule has 1 unspecified atom stereocenters. The second kappa shape index (κ2) is 7.71. The highest BCUT2D eigenvalue weighted by Crippen LogP contribution is 2.17. The maximum Gasteiger partial charge on any atom is 0.279 e. The van der Waals surface area contributed by atoms with Gasteiger partial charge in [0.15, 0.2) is 0 Å². The van der Waals surface area contributed by atoms with Crippen LogP contribution in [0, 0.1) is 5.92 Å². The Labute approximate surface area is 113 Å². The molecule has 1 atom stereocenters. The van der Waals surface area contributed by atoms with Gasteiger partial charge in [0, 0.05) is 25.0 Å². The van der Waals surface area contributed by atoms with Gasteiger partial charge >= 0.3 is 0 Å². The first-order valence-electron chi connectivity index (χ1n) is 6.37. The number of unbranched alkanes of at least 4 members (excludes halogenated alkanes) is 2. The number of rotatable bonds is 7. The fourth-order valence-electron chi connectivity index (χ4n) is 2.05. The third-order valence-electron chi connectivity index (χ3n) is 3.05. The van der Waals surface area contributed by atoms with Gasteiger partial charge < -0.3 is 0 Å². The molecule has 0 aromatic heterocycles. The minimum atomic E-state index is -3.23. The summed E-state index contributed by atoms with van der Waals surface area (Å²) in [6.07, 6.45) is 5.18. The van der Waals surface area contributed by atoms with E-state index in [2.05, 4.69) is 27.6 Å². The molecule has 1 heterocycles. The number of halogens is 1. The van der Waals surface area contributed by atoms with Gasteiger partial charge in [0.2, 0.25) is 0 Å². The maximum atomic E-state index is 12.0.